The summed E-state index contributed by atoms with van der Waals surface area (Å²) in [4.78, 5) is 13.1. The Hall–Kier alpha value is -1.20. The lowest BCUT2D eigenvalue weighted by atomic mass is 10.1. The Bertz CT molecular complexity index is 427. The van der Waals surface area contributed by atoms with E-state index in [-0.39, 0.29) is 12.3 Å². The van der Waals surface area contributed by atoms with Crippen LogP contribution in [0, 0.1) is 0 Å². The van der Waals surface area contributed by atoms with Crippen molar-refractivity contribution in [3.63, 3.8) is 0 Å². The number of ether oxygens (including phenoxy) is 1. The maximum Gasteiger partial charge on any atom is 0.251 e. The van der Waals surface area contributed by atoms with Gasteiger partial charge in [-0.2, -0.15) is 0 Å². The first-order valence-corrected chi connectivity index (χ1v) is 5.65. The fourth-order valence-electron chi connectivity index (χ4n) is 1.48. The van der Waals surface area contributed by atoms with Gasteiger partial charge in [-0.3, -0.25) is 9.69 Å². The molecule has 18 heavy (non-hydrogen) atoms. The van der Waals surface area contributed by atoms with Gasteiger partial charge in [0.1, 0.15) is 5.75 Å². The minimum atomic E-state index is -2.46. The summed E-state index contributed by atoms with van der Waals surface area (Å²) < 4.78 is 29.2. The van der Waals surface area contributed by atoms with Crippen molar-refractivity contribution in [3.8, 4) is 5.75 Å². The fraction of sp³-hybridized carbons (Fsp3) is 0.417. The van der Waals surface area contributed by atoms with Crippen molar-refractivity contribution in [2.24, 2.45) is 0 Å². The van der Waals surface area contributed by atoms with Crippen LogP contribution in [0.1, 0.15) is 10.4 Å². The van der Waals surface area contributed by atoms with Crippen molar-refractivity contribution in [2.75, 3.05) is 27.2 Å². The zero-order valence-corrected chi connectivity index (χ0v) is 10.9. The number of carbonyl (C=O) groups is 1. The van der Waals surface area contributed by atoms with Gasteiger partial charge in [-0.05, 0) is 25.2 Å². The third-order valence-electron chi connectivity index (χ3n) is 2.34. The number of benzene rings is 1. The summed E-state index contributed by atoms with van der Waals surface area (Å²) in [5, 5.41) is 0.319. The lowest BCUT2D eigenvalue weighted by Gasteiger charge is -2.15. The number of methoxy groups -OCH3 is 1. The predicted octanol–water partition coefficient (Wildman–Crippen LogP) is 2.73. The summed E-state index contributed by atoms with van der Waals surface area (Å²) in [7, 11) is 2.94. The number of Topliss-reactive ketones (excluding diaryl/α,β-unsaturated/α-hetero) is 1. The van der Waals surface area contributed by atoms with Crippen LogP contribution in [0.3, 0.4) is 0 Å². The van der Waals surface area contributed by atoms with E-state index in [1.807, 2.05) is 0 Å². The molecule has 0 aliphatic carbocycles. The molecule has 1 rings (SSSR count). The van der Waals surface area contributed by atoms with Gasteiger partial charge in [0.2, 0.25) is 0 Å². The average molecular weight is 278 g/mol. The molecule has 0 unspecified atom stereocenters. The molecule has 0 N–H and O–H groups in total. The Labute approximate surface area is 109 Å². The van der Waals surface area contributed by atoms with Gasteiger partial charge in [0.25, 0.3) is 6.43 Å². The van der Waals surface area contributed by atoms with Gasteiger partial charge in [-0.1, -0.05) is 11.6 Å². The molecule has 0 bridgehead atoms. The quantitative estimate of drug-likeness (QED) is 0.749. The second kappa shape index (κ2) is 6.66. The number of hydrogen-bond acceptors (Lipinski definition) is 3. The smallest absolute Gasteiger partial charge is 0.251 e. The van der Waals surface area contributed by atoms with Gasteiger partial charge in [0.05, 0.1) is 25.2 Å². The molecular formula is C12H14ClF2NO2. The molecule has 0 spiro atoms. The highest BCUT2D eigenvalue weighted by atomic mass is 35.5. The number of carbonyl (C=O) groups excluding carboxylic acids is 1. The van der Waals surface area contributed by atoms with Crippen molar-refractivity contribution in [3.05, 3.63) is 28.8 Å². The van der Waals surface area contributed by atoms with Crippen LogP contribution in [0.25, 0.3) is 0 Å². The summed E-state index contributed by atoms with van der Waals surface area (Å²) in [6.07, 6.45) is -2.46. The van der Waals surface area contributed by atoms with Crippen molar-refractivity contribution in [1.82, 2.24) is 4.90 Å². The molecule has 0 radical (unpaired) electrons. The van der Waals surface area contributed by atoms with E-state index in [2.05, 4.69) is 0 Å². The number of hydrogen-bond donors (Lipinski definition) is 0. The molecule has 0 fully saturated rings. The number of nitrogens with zero attached hydrogens (tertiary/aromatic N) is 1. The minimum Gasteiger partial charge on any atom is -0.495 e. The molecule has 0 amide bonds. The molecule has 100 valence electrons. The molecular weight excluding hydrogens is 264 g/mol. The molecule has 0 saturated heterocycles. The average Bonchev–Trinajstić information content (AvgIpc) is 2.27. The van der Waals surface area contributed by atoms with Crippen LogP contribution in [0.4, 0.5) is 8.78 Å². The standard InChI is InChI=1S/C12H14ClF2NO2/c1-16(7-12(14)15)6-10(17)8-3-4-11(18-2)9(13)5-8/h3-5,12H,6-7H2,1-2H3. The van der Waals surface area contributed by atoms with Gasteiger partial charge in [0, 0.05) is 5.56 Å². The normalized spacial score (nSPS) is 11.1. The highest BCUT2D eigenvalue weighted by molar-refractivity contribution is 6.32. The molecule has 0 atom stereocenters. The Morgan fingerprint density at radius 3 is 2.67 bits per heavy atom. The molecule has 6 heteroatoms. The third-order valence-corrected chi connectivity index (χ3v) is 2.63. The largest absolute Gasteiger partial charge is 0.495 e. The number of alkyl halides is 2. The predicted molar refractivity (Wildman–Crippen MR) is 65.8 cm³/mol. The lowest BCUT2D eigenvalue weighted by molar-refractivity contribution is 0.0820. The summed E-state index contributed by atoms with van der Waals surface area (Å²) >= 11 is 5.88. The van der Waals surface area contributed by atoms with Crippen molar-refractivity contribution >= 4 is 17.4 Å². The highest BCUT2D eigenvalue weighted by Crippen LogP contribution is 2.25. The Morgan fingerprint density at radius 2 is 2.17 bits per heavy atom. The summed E-state index contributed by atoms with van der Waals surface area (Å²) in [5.74, 6) is 0.205. The Balaban J connectivity index is 2.70. The van der Waals surface area contributed by atoms with Crippen LogP contribution in [0.5, 0.6) is 5.75 Å². The molecule has 0 heterocycles. The number of likely N-dealkylation sites (N-methyl/N-ethyl adjacent to an activating group) is 1. The maximum absolute atomic E-state index is 12.1. The monoisotopic (exact) mass is 277 g/mol. The van der Waals surface area contributed by atoms with Crippen LogP contribution in [0.2, 0.25) is 5.02 Å². The molecule has 1 aromatic rings. The molecule has 0 aliphatic rings. The zero-order chi connectivity index (χ0) is 13.7. The van der Waals surface area contributed by atoms with E-state index in [0.717, 1.165) is 0 Å². The molecule has 1 aromatic carbocycles. The van der Waals surface area contributed by atoms with Crippen LogP contribution in [-0.2, 0) is 0 Å². The van der Waals surface area contributed by atoms with E-state index >= 15 is 0 Å². The summed E-state index contributed by atoms with van der Waals surface area (Å²) in [6, 6.07) is 4.60. The van der Waals surface area contributed by atoms with Crippen LogP contribution >= 0.6 is 11.6 Å². The number of rotatable bonds is 6. The first-order chi connectivity index (χ1) is 8.43. The van der Waals surface area contributed by atoms with Gasteiger partial charge in [-0.15, -0.1) is 0 Å². The first-order valence-electron chi connectivity index (χ1n) is 5.27. The lowest BCUT2D eigenvalue weighted by Crippen LogP contribution is -2.30. The molecule has 0 aromatic heterocycles. The van der Waals surface area contributed by atoms with Gasteiger partial charge < -0.3 is 4.74 Å². The van der Waals surface area contributed by atoms with Crippen molar-refractivity contribution in [1.29, 1.82) is 0 Å². The third kappa shape index (κ3) is 4.23. The van der Waals surface area contributed by atoms with Crippen LogP contribution in [-0.4, -0.2) is 44.4 Å². The topological polar surface area (TPSA) is 29.5 Å². The summed E-state index contributed by atoms with van der Waals surface area (Å²) in [6.45, 7) is -0.511. The van der Waals surface area contributed by atoms with Crippen LogP contribution in [0.15, 0.2) is 18.2 Å². The molecule has 3 nitrogen and oxygen atoms in total. The highest BCUT2D eigenvalue weighted by Gasteiger charge is 2.14. The van der Waals surface area contributed by atoms with E-state index in [4.69, 9.17) is 16.3 Å². The van der Waals surface area contributed by atoms with Crippen molar-refractivity contribution in [2.45, 2.75) is 6.43 Å². The summed E-state index contributed by atoms with van der Waals surface area (Å²) in [5.41, 5.74) is 0.377. The second-order valence-electron chi connectivity index (χ2n) is 3.86. The zero-order valence-electron chi connectivity index (χ0n) is 10.1. The van der Waals surface area contributed by atoms with E-state index in [9.17, 15) is 13.6 Å². The van der Waals surface area contributed by atoms with Gasteiger partial charge >= 0.3 is 0 Å². The molecule has 0 aliphatic heterocycles. The fourth-order valence-corrected chi connectivity index (χ4v) is 1.73. The minimum absolute atomic E-state index is 0.0764. The van der Waals surface area contributed by atoms with Gasteiger partial charge in [0.15, 0.2) is 5.78 Å². The SMILES string of the molecule is COc1ccc(C(=O)CN(C)CC(F)F)cc1Cl. The van der Waals surface area contributed by atoms with Crippen molar-refractivity contribution < 1.29 is 18.3 Å². The van der Waals surface area contributed by atoms with E-state index < -0.39 is 13.0 Å². The number of halogens is 3. The van der Waals surface area contributed by atoms with E-state index in [0.29, 0.717) is 16.3 Å². The van der Waals surface area contributed by atoms with Crippen LogP contribution < -0.4 is 4.74 Å². The Kier molecular flexibility index (Phi) is 5.50. The second-order valence-corrected chi connectivity index (χ2v) is 4.27. The maximum atomic E-state index is 12.1. The van der Waals surface area contributed by atoms with E-state index in [1.54, 1.807) is 12.1 Å². The van der Waals surface area contributed by atoms with E-state index in [1.165, 1.54) is 25.1 Å². The first kappa shape index (κ1) is 14.9. The molecule has 0 saturated carbocycles. The number of ketones is 1. The Morgan fingerprint density at radius 1 is 1.50 bits per heavy atom. The van der Waals surface area contributed by atoms with Gasteiger partial charge in [-0.25, -0.2) is 8.78 Å².